The van der Waals surface area contributed by atoms with E-state index in [4.69, 9.17) is 14.5 Å². The van der Waals surface area contributed by atoms with Crippen LogP contribution in [0.2, 0.25) is 0 Å². The minimum Gasteiger partial charge on any atom is -0.465 e. The standard InChI is InChI=1S/C33H34N6O4/c1-21-20-37(29-8-6-7-13-34-29)14-15-38(21)28-18-24-17-23(31(40)42-5)9-11-26(24)36-30(28)22-10-12-27-25(16-22)19-35-39(27)32(41)43-33(2,3)4/h6-13,16-19,21H,14-15,20H2,1-5H3/t21-/m0/s1. The van der Waals surface area contributed by atoms with E-state index in [2.05, 4.69) is 32.9 Å². The molecule has 0 unspecified atom stereocenters. The number of rotatable bonds is 4. The summed E-state index contributed by atoms with van der Waals surface area (Å²) in [6.07, 6.45) is 2.96. The summed E-state index contributed by atoms with van der Waals surface area (Å²) in [5, 5.41) is 5.96. The molecule has 10 nitrogen and oxygen atoms in total. The van der Waals surface area contributed by atoms with E-state index in [1.165, 1.54) is 11.8 Å². The van der Waals surface area contributed by atoms with Crippen LogP contribution in [0.3, 0.4) is 0 Å². The van der Waals surface area contributed by atoms with Crippen LogP contribution < -0.4 is 9.80 Å². The Morgan fingerprint density at radius 1 is 0.977 bits per heavy atom. The van der Waals surface area contributed by atoms with Crippen LogP contribution >= 0.6 is 0 Å². The summed E-state index contributed by atoms with van der Waals surface area (Å²) in [5.41, 5.74) is 3.91. The van der Waals surface area contributed by atoms with Gasteiger partial charge in [0.25, 0.3) is 0 Å². The molecule has 5 aromatic rings. The van der Waals surface area contributed by atoms with Gasteiger partial charge in [-0.1, -0.05) is 12.1 Å². The van der Waals surface area contributed by atoms with Crippen molar-refractivity contribution in [2.45, 2.75) is 39.3 Å². The lowest BCUT2D eigenvalue weighted by Crippen LogP contribution is -2.52. The van der Waals surface area contributed by atoms with Crippen LogP contribution in [0.4, 0.5) is 16.3 Å². The Balaban J connectivity index is 1.42. The first-order chi connectivity index (χ1) is 20.6. The van der Waals surface area contributed by atoms with Crippen molar-refractivity contribution in [3.63, 3.8) is 0 Å². The number of anilines is 2. The molecule has 1 aliphatic rings. The van der Waals surface area contributed by atoms with Gasteiger partial charge >= 0.3 is 12.1 Å². The van der Waals surface area contributed by atoms with Crippen molar-refractivity contribution in [2.24, 2.45) is 0 Å². The van der Waals surface area contributed by atoms with Gasteiger partial charge in [-0.3, -0.25) is 0 Å². The third kappa shape index (κ3) is 5.60. The lowest BCUT2D eigenvalue weighted by atomic mass is 10.0. The molecule has 43 heavy (non-hydrogen) atoms. The molecular formula is C33H34N6O4. The van der Waals surface area contributed by atoms with E-state index in [1.54, 1.807) is 12.3 Å². The number of methoxy groups -OCH3 is 1. The Hall–Kier alpha value is -4.99. The molecule has 0 aliphatic carbocycles. The number of piperazine rings is 1. The lowest BCUT2D eigenvalue weighted by molar-refractivity contribution is 0.0521. The van der Waals surface area contributed by atoms with Crippen molar-refractivity contribution >= 4 is 45.4 Å². The zero-order valence-corrected chi connectivity index (χ0v) is 24.9. The maximum atomic E-state index is 12.8. The number of carbonyl (C=O) groups excluding carboxylic acids is 2. The maximum Gasteiger partial charge on any atom is 0.435 e. The maximum absolute atomic E-state index is 12.8. The van der Waals surface area contributed by atoms with Crippen LogP contribution in [0.5, 0.6) is 0 Å². The highest BCUT2D eigenvalue weighted by Gasteiger charge is 2.28. The second-order valence-corrected chi connectivity index (χ2v) is 11.7. The molecule has 4 heterocycles. The van der Waals surface area contributed by atoms with Crippen LogP contribution in [0.1, 0.15) is 38.1 Å². The zero-order valence-electron chi connectivity index (χ0n) is 24.9. The number of hydrogen-bond donors (Lipinski definition) is 0. The van der Waals surface area contributed by atoms with Gasteiger partial charge in [-0.2, -0.15) is 9.78 Å². The number of nitrogens with zero attached hydrogens (tertiary/aromatic N) is 6. The van der Waals surface area contributed by atoms with Crippen LogP contribution in [0.15, 0.2) is 73.1 Å². The van der Waals surface area contributed by atoms with E-state index in [0.29, 0.717) is 11.1 Å². The Labute approximate surface area is 249 Å². The molecule has 2 aromatic carbocycles. The Bertz CT molecular complexity index is 1830. The largest absolute Gasteiger partial charge is 0.465 e. The highest BCUT2D eigenvalue weighted by atomic mass is 16.6. The summed E-state index contributed by atoms with van der Waals surface area (Å²) >= 11 is 0. The van der Waals surface area contributed by atoms with Gasteiger partial charge in [0.1, 0.15) is 11.4 Å². The molecule has 0 spiro atoms. The fraction of sp³-hybridized carbons (Fsp3) is 0.303. The molecule has 1 aliphatic heterocycles. The number of aromatic nitrogens is 4. The van der Waals surface area contributed by atoms with Crippen molar-refractivity contribution in [1.29, 1.82) is 0 Å². The number of carbonyl (C=O) groups is 2. The summed E-state index contributed by atoms with van der Waals surface area (Å²) in [5.74, 6) is 0.568. The normalized spacial score (nSPS) is 15.6. The summed E-state index contributed by atoms with van der Waals surface area (Å²) in [6, 6.07) is 19.4. The zero-order chi connectivity index (χ0) is 30.3. The molecule has 0 N–H and O–H groups in total. The third-order valence-corrected chi connectivity index (χ3v) is 7.53. The average molecular weight is 579 g/mol. The van der Waals surface area contributed by atoms with Gasteiger partial charge in [-0.05, 0) is 76.2 Å². The summed E-state index contributed by atoms with van der Waals surface area (Å²) in [7, 11) is 1.38. The van der Waals surface area contributed by atoms with E-state index >= 15 is 0 Å². The molecule has 3 aromatic heterocycles. The molecular weight excluding hydrogens is 544 g/mol. The van der Waals surface area contributed by atoms with Crippen molar-refractivity contribution in [3.05, 3.63) is 78.6 Å². The Morgan fingerprint density at radius 3 is 2.53 bits per heavy atom. The predicted octanol–water partition coefficient (Wildman–Crippen LogP) is 5.93. The summed E-state index contributed by atoms with van der Waals surface area (Å²) in [4.78, 5) is 39.4. The first-order valence-corrected chi connectivity index (χ1v) is 14.3. The fourth-order valence-electron chi connectivity index (χ4n) is 5.54. The third-order valence-electron chi connectivity index (χ3n) is 7.53. The van der Waals surface area contributed by atoms with Crippen LogP contribution in [-0.4, -0.2) is 70.2 Å². The van der Waals surface area contributed by atoms with Gasteiger partial charge in [-0.15, -0.1) is 0 Å². The molecule has 6 rings (SSSR count). The van der Waals surface area contributed by atoms with Crippen LogP contribution in [0, 0.1) is 0 Å². The highest BCUT2D eigenvalue weighted by molar-refractivity contribution is 5.98. The van der Waals surface area contributed by atoms with E-state index in [0.717, 1.165) is 58.7 Å². The number of esters is 1. The number of hydrogen-bond acceptors (Lipinski definition) is 9. The minimum absolute atomic E-state index is 0.149. The van der Waals surface area contributed by atoms with Gasteiger partial charge in [0.15, 0.2) is 0 Å². The number of ether oxygens (including phenoxy) is 2. The highest BCUT2D eigenvalue weighted by Crippen LogP contribution is 2.36. The number of fused-ring (bicyclic) bond motifs is 2. The average Bonchev–Trinajstić information content (AvgIpc) is 3.43. The smallest absolute Gasteiger partial charge is 0.435 e. The predicted molar refractivity (Wildman–Crippen MR) is 167 cm³/mol. The molecule has 10 heteroatoms. The molecule has 0 amide bonds. The van der Waals surface area contributed by atoms with E-state index in [1.807, 2.05) is 75.5 Å². The fourth-order valence-corrected chi connectivity index (χ4v) is 5.54. The van der Waals surface area contributed by atoms with Crippen molar-refractivity contribution in [2.75, 3.05) is 36.5 Å². The van der Waals surface area contributed by atoms with Gasteiger partial charge < -0.3 is 19.3 Å². The first-order valence-electron chi connectivity index (χ1n) is 14.3. The molecule has 1 saturated heterocycles. The number of pyridine rings is 2. The Morgan fingerprint density at radius 2 is 1.81 bits per heavy atom. The second kappa shape index (κ2) is 11.0. The summed E-state index contributed by atoms with van der Waals surface area (Å²) in [6.45, 7) is 10.0. The topological polar surface area (TPSA) is 103 Å². The molecule has 0 radical (unpaired) electrons. The van der Waals surface area contributed by atoms with Crippen LogP contribution in [0.25, 0.3) is 33.1 Å². The SMILES string of the molecule is COC(=O)c1ccc2nc(-c3ccc4c(cnn4C(=O)OC(C)(C)C)c3)c(N3CCN(c4ccccn4)C[C@@H]3C)cc2c1. The van der Waals surface area contributed by atoms with Crippen molar-refractivity contribution < 1.29 is 19.1 Å². The van der Waals surface area contributed by atoms with E-state index in [9.17, 15) is 9.59 Å². The van der Waals surface area contributed by atoms with E-state index < -0.39 is 17.7 Å². The molecule has 1 fully saturated rings. The minimum atomic E-state index is -0.635. The quantitative estimate of drug-likeness (QED) is 0.240. The molecule has 0 saturated carbocycles. The number of benzene rings is 2. The van der Waals surface area contributed by atoms with Crippen LogP contribution in [-0.2, 0) is 9.47 Å². The first kappa shape index (κ1) is 28.1. The summed E-state index contributed by atoms with van der Waals surface area (Å²) < 4.78 is 11.8. The van der Waals surface area contributed by atoms with E-state index in [-0.39, 0.29) is 6.04 Å². The van der Waals surface area contributed by atoms with Gasteiger partial charge in [0.05, 0.1) is 41.3 Å². The van der Waals surface area contributed by atoms with Gasteiger partial charge in [0.2, 0.25) is 0 Å². The van der Waals surface area contributed by atoms with Crippen molar-refractivity contribution in [1.82, 2.24) is 19.7 Å². The molecule has 220 valence electrons. The van der Waals surface area contributed by atoms with Gasteiger partial charge in [0, 0.05) is 48.2 Å². The van der Waals surface area contributed by atoms with Crippen molar-refractivity contribution in [3.8, 4) is 11.3 Å². The monoisotopic (exact) mass is 578 g/mol. The lowest BCUT2D eigenvalue weighted by Gasteiger charge is -2.42. The second-order valence-electron chi connectivity index (χ2n) is 11.7. The molecule has 1 atom stereocenters. The molecule has 0 bridgehead atoms. The Kier molecular flexibility index (Phi) is 7.21. The van der Waals surface area contributed by atoms with Gasteiger partial charge in [-0.25, -0.2) is 19.6 Å².